The van der Waals surface area contributed by atoms with E-state index in [1.165, 1.54) is 25.3 Å². The topological polar surface area (TPSA) is 69.2 Å². The Balaban J connectivity index is 2.53. The Kier molecular flexibility index (Phi) is 5.63. The van der Waals surface area contributed by atoms with Crippen LogP contribution < -0.4 is 5.73 Å². The average Bonchev–Trinajstić information content (AvgIpc) is 2.34. The standard InChI is InChI=1S/C13H20N2O2/c1-2-3-4-5-9-13(14)11-7-6-8-12(10-11)15(16)17/h6-8,10,13H,2-5,9,14H2,1H3. The van der Waals surface area contributed by atoms with Crippen LogP contribution in [0.1, 0.15) is 50.6 Å². The lowest BCUT2D eigenvalue weighted by Crippen LogP contribution is -2.10. The van der Waals surface area contributed by atoms with Crippen molar-refractivity contribution in [3.05, 3.63) is 39.9 Å². The van der Waals surface area contributed by atoms with Crippen LogP contribution in [0.3, 0.4) is 0 Å². The van der Waals surface area contributed by atoms with Gasteiger partial charge < -0.3 is 5.73 Å². The van der Waals surface area contributed by atoms with Gasteiger partial charge in [-0.2, -0.15) is 0 Å². The smallest absolute Gasteiger partial charge is 0.269 e. The van der Waals surface area contributed by atoms with Gasteiger partial charge in [0, 0.05) is 18.2 Å². The first-order valence-corrected chi connectivity index (χ1v) is 6.15. The summed E-state index contributed by atoms with van der Waals surface area (Å²) in [6.45, 7) is 2.17. The van der Waals surface area contributed by atoms with Crippen molar-refractivity contribution in [2.75, 3.05) is 0 Å². The molecule has 0 bridgehead atoms. The van der Waals surface area contributed by atoms with E-state index in [4.69, 9.17) is 5.73 Å². The third kappa shape index (κ3) is 4.53. The number of unbranched alkanes of at least 4 members (excludes halogenated alkanes) is 3. The minimum Gasteiger partial charge on any atom is -0.324 e. The lowest BCUT2D eigenvalue weighted by atomic mass is 10.0. The van der Waals surface area contributed by atoms with E-state index < -0.39 is 0 Å². The van der Waals surface area contributed by atoms with Gasteiger partial charge in [-0.25, -0.2) is 0 Å². The number of nitro groups is 1. The first kappa shape index (κ1) is 13.6. The summed E-state index contributed by atoms with van der Waals surface area (Å²) in [4.78, 5) is 10.3. The van der Waals surface area contributed by atoms with Crippen LogP contribution >= 0.6 is 0 Å². The normalized spacial score (nSPS) is 12.4. The Morgan fingerprint density at radius 3 is 2.76 bits per heavy atom. The van der Waals surface area contributed by atoms with Gasteiger partial charge in [-0.1, -0.05) is 44.7 Å². The van der Waals surface area contributed by atoms with Crippen LogP contribution in [0.4, 0.5) is 5.69 Å². The van der Waals surface area contributed by atoms with Crippen molar-refractivity contribution in [3.8, 4) is 0 Å². The summed E-state index contributed by atoms with van der Waals surface area (Å²) in [5.74, 6) is 0. The zero-order chi connectivity index (χ0) is 12.7. The van der Waals surface area contributed by atoms with E-state index in [0.717, 1.165) is 18.4 Å². The van der Waals surface area contributed by atoms with E-state index in [-0.39, 0.29) is 16.7 Å². The molecule has 1 unspecified atom stereocenters. The Morgan fingerprint density at radius 1 is 1.35 bits per heavy atom. The van der Waals surface area contributed by atoms with Crippen LogP contribution in [0, 0.1) is 10.1 Å². The van der Waals surface area contributed by atoms with Gasteiger partial charge in [0.15, 0.2) is 0 Å². The fourth-order valence-corrected chi connectivity index (χ4v) is 1.83. The van der Waals surface area contributed by atoms with Gasteiger partial charge in [0.2, 0.25) is 0 Å². The minimum atomic E-state index is -0.382. The number of nitrogens with zero attached hydrogens (tertiary/aromatic N) is 1. The van der Waals surface area contributed by atoms with E-state index in [2.05, 4.69) is 6.92 Å². The summed E-state index contributed by atoms with van der Waals surface area (Å²) < 4.78 is 0. The summed E-state index contributed by atoms with van der Waals surface area (Å²) >= 11 is 0. The van der Waals surface area contributed by atoms with Crippen LogP contribution in [0.5, 0.6) is 0 Å². The highest BCUT2D eigenvalue weighted by molar-refractivity contribution is 5.35. The summed E-state index contributed by atoms with van der Waals surface area (Å²) in [6, 6.07) is 6.53. The van der Waals surface area contributed by atoms with Gasteiger partial charge in [0.05, 0.1) is 4.92 Å². The van der Waals surface area contributed by atoms with E-state index in [0.29, 0.717) is 0 Å². The molecular weight excluding hydrogens is 216 g/mol. The van der Waals surface area contributed by atoms with E-state index in [1.807, 2.05) is 6.07 Å². The van der Waals surface area contributed by atoms with Gasteiger partial charge in [0.1, 0.15) is 0 Å². The van der Waals surface area contributed by atoms with Gasteiger partial charge in [-0.05, 0) is 12.0 Å². The summed E-state index contributed by atoms with van der Waals surface area (Å²) in [7, 11) is 0. The number of nitro benzene ring substituents is 1. The molecule has 1 aromatic rings. The van der Waals surface area contributed by atoms with Crippen LogP contribution in [-0.4, -0.2) is 4.92 Å². The van der Waals surface area contributed by atoms with E-state index in [9.17, 15) is 10.1 Å². The van der Waals surface area contributed by atoms with Crippen LogP contribution in [0.25, 0.3) is 0 Å². The van der Waals surface area contributed by atoms with Gasteiger partial charge >= 0.3 is 0 Å². The third-order valence-electron chi connectivity index (χ3n) is 2.88. The average molecular weight is 236 g/mol. The number of non-ortho nitro benzene ring substituents is 1. The van der Waals surface area contributed by atoms with Crippen molar-refractivity contribution >= 4 is 5.69 Å². The molecule has 0 saturated heterocycles. The number of nitrogens with two attached hydrogens (primary N) is 1. The molecular formula is C13H20N2O2. The Bertz CT molecular complexity index is 366. The van der Waals surface area contributed by atoms with E-state index >= 15 is 0 Å². The molecule has 0 aliphatic rings. The zero-order valence-corrected chi connectivity index (χ0v) is 10.3. The number of rotatable bonds is 7. The largest absolute Gasteiger partial charge is 0.324 e. The second-order valence-corrected chi connectivity index (χ2v) is 4.31. The summed E-state index contributed by atoms with van der Waals surface area (Å²) in [5.41, 5.74) is 7.00. The second-order valence-electron chi connectivity index (χ2n) is 4.31. The maximum atomic E-state index is 10.6. The number of hydrogen-bond donors (Lipinski definition) is 1. The van der Waals surface area contributed by atoms with Crippen LogP contribution in [-0.2, 0) is 0 Å². The molecule has 4 nitrogen and oxygen atoms in total. The zero-order valence-electron chi connectivity index (χ0n) is 10.3. The molecule has 1 rings (SSSR count). The monoisotopic (exact) mass is 236 g/mol. The fourth-order valence-electron chi connectivity index (χ4n) is 1.83. The molecule has 0 amide bonds. The van der Waals surface area contributed by atoms with Crippen LogP contribution in [0.15, 0.2) is 24.3 Å². The fraction of sp³-hybridized carbons (Fsp3) is 0.538. The highest BCUT2D eigenvalue weighted by Crippen LogP contribution is 2.21. The van der Waals surface area contributed by atoms with Gasteiger partial charge in [-0.3, -0.25) is 10.1 Å². The molecule has 0 saturated carbocycles. The number of hydrogen-bond acceptors (Lipinski definition) is 3. The predicted molar refractivity (Wildman–Crippen MR) is 68.8 cm³/mol. The maximum absolute atomic E-state index is 10.6. The van der Waals surface area contributed by atoms with Crippen molar-refractivity contribution in [1.82, 2.24) is 0 Å². The molecule has 0 aliphatic heterocycles. The van der Waals surface area contributed by atoms with E-state index in [1.54, 1.807) is 12.1 Å². The first-order valence-electron chi connectivity index (χ1n) is 6.15. The number of benzene rings is 1. The van der Waals surface area contributed by atoms with Crippen LogP contribution in [0.2, 0.25) is 0 Å². The molecule has 0 aromatic heterocycles. The Hall–Kier alpha value is -1.42. The second kappa shape index (κ2) is 7.01. The molecule has 1 atom stereocenters. The highest BCUT2D eigenvalue weighted by atomic mass is 16.6. The maximum Gasteiger partial charge on any atom is 0.269 e. The Labute approximate surface area is 102 Å². The SMILES string of the molecule is CCCCCCC(N)c1cccc([N+](=O)[O-])c1. The molecule has 1 aromatic carbocycles. The van der Waals surface area contributed by atoms with Crippen molar-refractivity contribution < 1.29 is 4.92 Å². The molecule has 0 spiro atoms. The molecule has 0 fully saturated rings. The van der Waals surface area contributed by atoms with Gasteiger partial charge in [0.25, 0.3) is 5.69 Å². The van der Waals surface area contributed by atoms with Crippen molar-refractivity contribution in [1.29, 1.82) is 0 Å². The van der Waals surface area contributed by atoms with Crippen molar-refractivity contribution in [3.63, 3.8) is 0 Å². The molecule has 17 heavy (non-hydrogen) atoms. The van der Waals surface area contributed by atoms with Crippen molar-refractivity contribution in [2.24, 2.45) is 5.73 Å². The quantitative estimate of drug-likeness (QED) is 0.447. The lowest BCUT2D eigenvalue weighted by Gasteiger charge is -2.11. The lowest BCUT2D eigenvalue weighted by molar-refractivity contribution is -0.384. The third-order valence-corrected chi connectivity index (χ3v) is 2.88. The highest BCUT2D eigenvalue weighted by Gasteiger charge is 2.10. The summed E-state index contributed by atoms with van der Waals surface area (Å²) in [6.07, 6.45) is 5.58. The minimum absolute atomic E-state index is 0.0910. The molecule has 0 heterocycles. The Morgan fingerprint density at radius 2 is 2.12 bits per heavy atom. The molecule has 0 aliphatic carbocycles. The van der Waals surface area contributed by atoms with Crippen molar-refractivity contribution in [2.45, 2.75) is 45.1 Å². The van der Waals surface area contributed by atoms with Gasteiger partial charge in [-0.15, -0.1) is 0 Å². The molecule has 4 heteroatoms. The predicted octanol–water partition coefficient (Wildman–Crippen LogP) is 3.57. The molecule has 0 radical (unpaired) electrons. The first-order chi connectivity index (χ1) is 8.15. The molecule has 94 valence electrons. The molecule has 2 N–H and O–H groups in total. The summed E-state index contributed by atoms with van der Waals surface area (Å²) in [5, 5.41) is 10.6.